The topological polar surface area (TPSA) is 29.5 Å². The lowest BCUT2D eigenvalue weighted by Gasteiger charge is -2.22. The highest BCUT2D eigenvalue weighted by Crippen LogP contribution is 2.41. The van der Waals surface area contributed by atoms with Crippen LogP contribution in [-0.2, 0) is 25.9 Å². The van der Waals surface area contributed by atoms with E-state index >= 15 is 0 Å². The van der Waals surface area contributed by atoms with Crippen molar-refractivity contribution in [3.05, 3.63) is 112 Å². The van der Waals surface area contributed by atoms with Gasteiger partial charge in [0.2, 0.25) is 0 Å². The number of rotatable bonds is 6. The maximum absolute atomic E-state index is 13.7. The minimum absolute atomic E-state index is 0.0848. The van der Waals surface area contributed by atoms with E-state index in [0.717, 1.165) is 34.6 Å². The molecule has 0 bridgehead atoms. The number of methoxy groups -OCH3 is 1. The molecule has 3 aromatic carbocycles. The van der Waals surface area contributed by atoms with Gasteiger partial charge in [-0.2, -0.15) is 0 Å². The fraction of sp³-hybridized carbons (Fsp3) is 0.179. The third-order valence-corrected chi connectivity index (χ3v) is 7.16. The minimum atomic E-state index is 0.0848. The van der Waals surface area contributed by atoms with Gasteiger partial charge in [-0.3, -0.25) is 4.79 Å². The molecular weight excluding hydrogens is 414 g/mol. The largest absolute Gasteiger partial charge is 0.497 e. The maximum atomic E-state index is 13.7. The van der Waals surface area contributed by atoms with Gasteiger partial charge in [0.05, 0.1) is 12.0 Å². The SMILES string of the molecule is COc1ccc2c(c1)-c1sc(C(=O)N(Cc3ccccc3)Cc3ccccc3)cc1CC2. The molecule has 0 radical (unpaired) electrons. The van der Waals surface area contributed by atoms with Crippen LogP contribution in [0.15, 0.2) is 84.9 Å². The Morgan fingerprint density at radius 2 is 1.47 bits per heavy atom. The summed E-state index contributed by atoms with van der Waals surface area (Å²) in [6.45, 7) is 1.17. The lowest BCUT2D eigenvalue weighted by molar-refractivity contribution is 0.0735. The minimum Gasteiger partial charge on any atom is -0.497 e. The predicted octanol–water partition coefficient (Wildman–Crippen LogP) is 6.36. The molecule has 4 aromatic rings. The molecule has 160 valence electrons. The number of amides is 1. The van der Waals surface area contributed by atoms with Crippen molar-refractivity contribution in [3.8, 4) is 16.2 Å². The Morgan fingerprint density at radius 1 is 0.844 bits per heavy atom. The van der Waals surface area contributed by atoms with Crippen LogP contribution < -0.4 is 4.74 Å². The fourth-order valence-electron chi connectivity index (χ4n) is 4.29. The van der Waals surface area contributed by atoms with E-state index in [1.807, 2.05) is 47.4 Å². The first-order valence-corrected chi connectivity index (χ1v) is 11.7. The molecule has 0 saturated heterocycles. The molecule has 0 fully saturated rings. The van der Waals surface area contributed by atoms with Gasteiger partial charge < -0.3 is 9.64 Å². The Kier molecular flexibility index (Phi) is 5.78. The van der Waals surface area contributed by atoms with Crippen molar-refractivity contribution < 1.29 is 9.53 Å². The molecule has 1 heterocycles. The number of carbonyl (C=O) groups is 1. The van der Waals surface area contributed by atoms with Gasteiger partial charge in [-0.05, 0) is 58.9 Å². The Balaban J connectivity index is 1.48. The van der Waals surface area contributed by atoms with Crippen molar-refractivity contribution in [1.29, 1.82) is 0 Å². The van der Waals surface area contributed by atoms with Crippen LogP contribution in [0, 0.1) is 0 Å². The number of ether oxygens (including phenoxy) is 1. The number of aryl methyl sites for hydroxylation is 2. The molecule has 4 heteroatoms. The summed E-state index contributed by atoms with van der Waals surface area (Å²) in [6.07, 6.45) is 1.96. The van der Waals surface area contributed by atoms with Crippen molar-refractivity contribution in [2.45, 2.75) is 25.9 Å². The second kappa shape index (κ2) is 9.01. The van der Waals surface area contributed by atoms with Crippen molar-refractivity contribution >= 4 is 17.2 Å². The zero-order valence-electron chi connectivity index (χ0n) is 18.1. The Morgan fingerprint density at radius 3 is 2.09 bits per heavy atom. The van der Waals surface area contributed by atoms with Crippen LogP contribution in [0.3, 0.4) is 0 Å². The fourth-order valence-corrected chi connectivity index (χ4v) is 5.52. The van der Waals surface area contributed by atoms with Gasteiger partial charge in [-0.25, -0.2) is 0 Å². The van der Waals surface area contributed by atoms with Crippen molar-refractivity contribution in [2.24, 2.45) is 0 Å². The summed E-state index contributed by atoms with van der Waals surface area (Å²) < 4.78 is 5.45. The molecule has 5 rings (SSSR count). The van der Waals surface area contributed by atoms with Crippen LogP contribution in [0.4, 0.5) is 0 Å². The summed E-state index contributed by atoms with van der Waals surface area (Å²) in [5.74, 6) is 0.939. The monoisotopic (exact) mass is 439 g/mol. The summed E-state index contributed by atoms with van der Waals surface area (Å²) in [5, 5.41) is 0. The molecule has 1 aliphatic carbocycles. The average Bonchev–Trinajstić information content (AvgIpc) is 3.29. The third-order valence-electron chi connectivity index (χ3n) is 5.96. The van der Waals surface area contributed by atoms with Crippen LogP contribution >= 0.6 is 11.3 Å². The van der Waals surface area contributed by atoms with E-state index < -0.39 is 0 Å². The van der Waals surface area contributed by atoms with Crippen LogP contribution in [0.5, 0.6) is 5.75 Å². The third kappa shape index (κ3) is 4.19. The molecule has 0 saturated carbocycles. The van der Waals surface area contributed by atoms with Gasteiger partial charge in [0.15, 0.2) is 0 Å². The molecule has 0 unspecified atom stereocenters. The highest BCUT2D eigenvalue weighted by molar-refractivity contribution is 7.17. The number of benzene rings is 3. The van der Waals surface area contributed by atoms with Gasteiger partial charge in [-0.1, -0.05) is 66.7 Å². The van der Waals surface area contributed by atoms with Crippen LogP contribution in [-0.4, -0.2) is 17.9 Å². The Bertz CT molecular complexity index is 1190. The molecular formula is C28H25NO2S. The van der Waals surface area contributed by atoms with Crippen molar-refractivity contribution in [3.63, 3.8) is 0 Å². The van der Waals surface area contributed by atoms with Crippen molar-refractivity contribution in [2.75, 3.05) is 7.11 Å². The van der Waals surface area contributed by atoms with Crippen LogP contribution in [0.25, 0.3) is 10.4 Å². The molecule has 0 atom stereocenters. The number of hydrogen-bond donors (Lipinski definition) is 0. The van der Waals surface area contributed by atoms with Gasteiger partial charge in [0.1, 0.15) is 5.75 Å². The smallest absolute Gasteiger partial charge is 0.264 e. The van der Waals surface area contributed by atoms with E-state index in [2.05, 4.69) is 42.5 Å². The first-order chi connectivity index (χ1) is 15.7. The highest BCUT2D eigenvalue weighted by atomic mass is 32.1. The Hall–Kier alpha value is -3.37. The van der Waals surface area contributed by atoms with E-state index in [0.29, 0.717) is 13.1 Å². The summed E-state index contributed by atoms with van der Waals surface area (Å²) >= 11 is 1.61. The molecule has 0 aliphatic heterocycles. The van der Waals surface area contributed by atoms with E-state index in [1.165, 1.54) is 21.6 Å². The molecule has 3 nitrogen and oxygen atoms in total. The average molecular weight is 440 g/mol. The van der Waals surface area contributed by atoms with Gasteiger partial charge >= 0.3 is 0 Å². The van der Waals surface area contributed by atoms with Crippen LogP contribution in [0.2, 0.25) is 0 Å². The summed E-state index contributed by atoms with van der Waals surface area (Å²) in [6, 6.07) is 28.8. The number of thiophene rings is 1. The van der Waals surface area contributed by atoms with Crippen molar-refractivity contribution in [1.82, 2.24) is 4.90 Å². The normalized spacial score (nSPS) is 12.0. The highest BCUT2D eigenvalue weighted by Gasteiger charge is 2.25. The number of carbonyl (C=O) groups excluding carboxylic acids is 1. The number of nitrogens with zero attached hydrogens (tertiary/aromatic N) is 1. The molecule has 0 spiro atoms. The molecule has 0 N–H and O–H groups in total. The molecule has 1 amide bonds. The molecule has 1 aliphatic rings. The zero-order chi connectivity index (χ0) is 21.9. The first kappa shape index (κ1) is 20.5. The number of hydrogen-bond acceptors (Lipinski definition) is 3. The summed E-state index contributed by atoms with van der Waals surface area (Å²) in [7, 11) is 1.69. The maximum Gasteiger partial charge on any atom is 0.264 e. The zero-order valence-corrected chi connectivity index (χ0v) is 18.9. The van der Waals surface area contributed by atoms with E-state index in [4.69, 9.17) is 4.74 Å². The first-order valence-electron chi connectivity index (χ1n) is 10.9. The second-order valence-electron chi connectivity index (χ2n) is 8.12. The number of fused-ring (bicyclic) bond motifs is 3. The van der Waals surface area contributed by atoms with E-state index in [9.17, 15) is 4.79 Å². The summed E-state index contributed by atoms with van der Waals surface area (Å²) in [4.78, 5) is 17.7. The Labute approximate surface area is 192 Å². The van der Waals surface area contributed by atoms with Gasteiger partial charge in [-0.15, -0.1) is 11.3 Å². The summed E-state index contributed by atoms with van der Waals surface area (Å²) in [5.41, 5.74) is 6.05. The lowest BCUT2D eigenvalue weighted by Crippen LogP contribution is -2.29. The quantitative estimate of drug-likeness (QED) is 0.350. The van der Waals surface area contributed by atoms with E-state index in [-0.39, 0.29) is 5.91 Å². The molecule has 1 aromatic heterocycles. The predicted molar refractivity (Wildman–Crippen MR) is 130 cm³/mol. The lowest BCUT2D eigenvalue weighted by atomic mass is 9.91. The standard InChI is InChI=1S/C28H25NO2S/c1-31-24-15-14-22-12-13-23-16-26(32-27(23)25(22)17-24)28(30)29(18-20-8-4-2-5-9-20)19-21-10-6-3-7-11-21/h2-11,14-17H,12-13,18-19H2,1H3. The van der Waals surface area contributed by atoms with E-state index in [1.54, 1.807) is 18.4 Å². The second-order valence-corrected chi connectivity index (χ2v) is 9.17. The van der Waals surface area contributed by atoms with Crippen LogP contribution in [0.1, 0.15) is 31.9 Å². The van der Waals surface area contributed by atoms with Gasteiger partial charge in [0, 0.05) is 18.0 Å². The molecule has 32 heavy (non-hydrogen) atoms. The van der Waals surface area contributed by atoms with Gasteiger partial charge in [0.25, 0.3) is 5.91 Å².